The lowest BCUT2D eigenvalue weighted by Gasteiger charge is -2.30. The van der Waals surface area contributed by atoms with E-state index in [1.54, 1.807) is 18.7 Å². The fraction of sp³-hybridized carbons (Fsp3) is 0.917. The maximum absolute atomic E-state index is 12.1. The first kappa shape index (κ1) is 14.8. The van der Waals surface area contributed by atoms with Gasteiger partial charge in [0.15, 0.2) is 0 Å². The van der Waals surface area contributed by atoms with Crippen LogP contribution in [0.15, 0.2) is 0 Å². The molecule has 17 heavy (non-hydrogen) atoms. The Balaban J connectivity index is 2.42. The molecule has 0 spiro atoms. The van der Waals surface area contributed by atoms with Crippen molar-refractivity contribution >= 4 is 17.7 Å². The highest BCUT2D eigenvalue weighted by atomic mass is 32.2. The molecule has 1 fully saturated rings. The molecule has 0 aromatic rings. The lowest BCUT2D eigenvalue weighted by Crippen LogP contribution is -2.46. The molecule has 5 heteroatoms. The molecule has 1 heterocycles. The minimum absolute atomic E-state index is 0.134. The predicted octanol–water partition coefficient (Wildman–Crippen LogP) is 0.701. The number of likely N-dealkylation sites (N-methyl/N-ethyl adjacent to an activating group) is 1. The highest BCUT2D eigenvalue weighted by molar-refractivity contribution is 7.99. The fourth-order valence-electron chi connectivity index (χ4n) is 1.93. The Bertz CT molecular complexity index is 247. The summed E-state index contributed by atoms with van der Waals surface area (Å²) in [7, 11) is 0. The molecule has 1 rings (SSSR count). The lowest BCUT2D eigenvalue weighted by molar-refractivity contribution is -0.134. The zero-order chi connectivity index (χ0) is 12.9. The maximum Gasteiger partial charge on any atom is 0.224 e. The third-order valence-corrected chi connectivity index (χ3v) is 3.86. The minimum atomic E-state index is -0.819. The molecule has 2 N–H and O–H groups in total. The van der Waals surface area contributed by atoms with Gasteiger partial charge in [-0.05, 0) is 20.8 Å². The second-order valence-corrected chi connectivity index (χ2v) is 6.30. The van der Waals surface area contributed by atoms with Gasteiger partial charge in [0.1, 0.15) is 0 Å². The summed E-state index contributed by atoms with van der Waals surface area (Å²) < 4.78 is 0. The van der Waals surface area contributed by atoms with Crippen LogP contribution in [0, 0.1) is 0 Å². The van der Waals surface area contributed by atoms with Gasteiger partial charge in [-0.25, -0.2) is 0 Å². The summed E-state index contributed by atoms with van der Waals surface area (Å²) >= 11 is 1.89. The summed E-state index contributed by atoms with van der Waals surface area (Å²) in [6.07, 6.45) is 0.539. The first-order valence-electron chi connectivity index (χ1n) is 6.23. The summed E-state index contributed by atoms with van der Waals surface area (Å²) in [5.41, 5.74) is -0.819. The van der Waals surface area contributed by atoms with Gasteiger partial charge in [-0.15, -0.1) is 0 Å². The normalized spacial score (nSPS) is 21.3. The van der Waals surface area contributed by atoms with Gasteiger partial charge in [0.25, 0.3) is 0 Å². The van der Waals surface area contributed by atoms with E-state index in [1.165, 1.54) is 0 Å². The molecule has 1 atom stereocenters. The van der Waals surface area contributed by atoms with E-state index in [0.29, 0.717) is 19.5 Å². The van der Waals surface area contributed by atoms with Crippen LogP contribution in [0.1, 0.15) is 27.2 Å². The standard InChI is InChI=1S/C12H24N2O2S/c1-4-14(9-12(2,3)16)11(15)7-10-8-17-6-5-13-10/h10,13,16H,4-9H2,1-3H3. The summed E-state index contributed by atoms with van der Waals surface area (Å²) in [6.45, 7) is 7.47. The molecule has 0 saturated carbocycles. The van der Waals surface area contributed by atoms with E-state index in [0.717, 1.165) is 18.1 Å². The van der Waals surface area contributed by atoms with E-state index >= 15 is 0 Å². The number of aliphatic hydroxyl groups is 1. The van der Waals surface area contributed by atoms with Crippen molar-refractivity contribution in [3.63, 3.8) is 0 Å². The van der Waals surface area contributed by atoms with Gasteiger partial charge in [0.05, 0.1) is 5.60 Å². The van der Waals surface area contributed by atoms with Crippen LogP contribution in [-0.2, 0) is 4.79 Å². The van der Waals surface area contributed by atoms with Gasteiger partial charge in [-0.2, -0.15) is 11.8 Å². The fourth-order valence-corrected chi connectivity index (χ4v) is 2.88. The molecule has 1 unspecified atom stereocenters. The Labute approximate surface area is 108 Å². The second-order valence-electron chi connectivity index (χ2n) is 5.15. The van der Waals surface area contributed by atoms with E-state index in [2.05, 4.69) is 5.32 Å². The minimum Gasteiger partial charge on any atom is -0.389 e. The van der Waals surface area contributed by atoms with Crippen molar-refractivity contribution in [1.29, 1.82) is 0 Å². The largest absolute Gasteiger partial charge is 0.389 e. The Hall–Kier alpha value is -0.260. The van der Waals surface area contributed by atoms with Gasteiger partial charge < -0.3 is 15.3 Å². The molecule has 1 amide bonds. The quantitative estimate of drug-likeness (QED) is 0.764. The van der Waals surface area contributed by atoms with Crippen molar-refractivity contribution in [2.24, 2.45) is 0 Å². The SMILES string of the molecule is CCN(CC(C)(C)O)C(=O)CC1CSCCN1. The number of carbonyl (C=O) groups excluding carboxylic acids is 1. The van der Waals surface area contributed by atoms with Crippen LogP contribution in [0.4, 0.5) is 0 Å². The van der Waals surface area contributed by atoms with Gasteiger partial charge in [0.2, 0.25) is 5.91 Å². The van der Waals surface area contributed by atoms with Crippen molar-refractivity contribution in [3.8, 4) is 0 Å². The van der Waals surface area contributed by atoms with Crippen LogP contribution in [-0.4, -0.2) is 58.7 Å². The van der Waals surface area contributed by atoms with Crippen LogP contribution < -0.4 is 5.32 Å². The maximum atomic E-state index is 12.1. The van der Waals surface area contributed by atoms with Crippen LogP contribution in [0.5, 0.6) is 0 Å². The summed E-state index contributed by atoms with van der Waals surface area (Å²) in [5, 5.41) is 13.1. The van der Waals surface area contributed by atoms with Crippen LogP contribution in [0.25, 0.3) is 0 Å². The van der Waals surface area contributed by atoms with E-state index in [-0.39, 0.29) is 11.9 Å². The Morgan fingerprint density at radius 2 is 2.29 bits per heavy atom. The number of rotatable bonds is 5. The Morgan fingerprint density at radius 3 is 2.76 bits per heavy atom. The number of hydrogen-bond donors (Lipinski definition) is 2. The molecule has 1 saturated heterocycles. The zero-order valence-corrected chi connectivity index (χ0v) is 11.8. The average Bonchev–Trinajstić information content (AvgIpc) is 2.26. The van der Waals surface area contributed by atoms with Gasteiger partial charge in [0, 0.05) is 43.6 Å². The van der Waals surface area contributed by atoms with E-state index in [1.807, 2.05) is 18.7 Å². The average molecular weight is 260 g/mol. The number of nitrogens with zero attached hydrogens (tertiary/aromatic N) is 1. The highest BCUT2D eigenvalue weighted by Crippen LogP contribution is 2.13. The summed E-state index contributed by atoms with van der Waals surface area (Å²) in [4.78, 5) is 13.8. The van der Waals surface area contributed by atoms with E-state index in [9.17, 15) is 9.90 Å². The van der Waals surface area contributed by atoms with E-state index in [4.69, 9.17) is 0 Å². The third-order valence-electron chi connectivity index (χ3n) is 2.73. The molecular formula is C12H24N2O2S. The summed E-state index contributed by atoms with van der Waals surface area (Å²) in [6, 6.07) is 0.289. The topological polar surface area (TPSA) is 52.6 Å². The zero-order valence-electron chi connectivity index (χ0n) is 11.0. The Kier molecular flexibility index (Phi) is 5.76. The first-order chi connectivity index (χ1) is 7.92. The molecule has 0 aromatic heterocycles. The van der Waals surface area contributed by atoms with Crippen molar-refractivity contribution in [2.45, 2.75) is 38.8 Å². The molecular weight excluding hydrogens is 236 g/mol. The van der Waals surface area contributed by atoms with Crippen LogP contribution >= 0.6 is 11.8 Å². The second kappa shape index (κ2) is 6.61. The van der Waals surface area contributed by atoms with Gasteiger partial charge >= 0.3 is 0 Å². The number of carbonyl (C=O) groups is 1. The number of nitrogens with one attached hydrogen (secondary N) is 1. The Morgan fingerprint density at radius 1 is 1.59 bits per heavy atom. The summed E-state index contributed by atoms with van der Waals surface area (Å²) in [5.74, 6) is 2.27. The molecule has 0 aromatic carbocycles. The monoisotopic (exact) mass is 260 g/mol. The molecule has 0 bridgehead atoms. The van der Waals surface area contributed by atoms with Crippen molar-refractivity contribution in [3.05, 3.63) is 0 Å². The molecule has 1 aliphatic rings. The third kappa shape index (κ3) is 5.75. The van der Waals surface area contributed by atoms with Crippen LogP contribution in [0.2, 0.25) is 0 Å². The highest BCUT2D eigenvalue weighted by Gasteiger charge is 2.24. The van der Waals surface area contributed by atoms with Crippen molar-refractivity contribution in [2.75, 3.05) is 31.1 Å². The van der Waals surface area contributed by atoms with Crippen molar-refractivity contribution in [1.82, 2.24) is 10.2 Å². The first-order valence-corrected chi connectivity index (χ1v) is 7.39. The van der Waals surface area contributed by atoms with Gasteiger partial charge in [-0.1, -0.05) is 0 Å². The smallest absolute Gasteiger partial charge is 0.224 e. The number of amides is 1. The molecule has 1 aliphatic heterocycles. The van der Waals surface area contributed by atoms with Crippen molar-refractivity contribution < 1.29 is 9.90 Å². The number of hydrogen-bond acceptors (Lipinski definition) is 4. The molecule has 100 valence electrons. The van der Waals surface area contributed by atoms with Gasteiger partial charge in [-0.3, -0.25) is 4.79 Å². The lowest BCUT2D eigenvalue weighted by atomic mass is 10.1. The molecule has 4 nitrogen and oxygen atoms in total. The molecule has 0 radical (unpaired) electrons. The van der Waals surface area contributed by atoms with E-state index < -0.39 is 5.60 Å². The molecule has 0 aliphatic carbocycles. The van der Waals surface area contributed by atoms with Crippen LogP contribution in [0.3, 0.4) is 0 Å². The number of thioether (sulfide) groups is 1. The predicted molar refractivity (Wildman–Crippen MR) is 72.3 cm³/mol.